The van der Waals surface area contributed by atoms with Crippen molar-refractivity contribution in [3.8, 4) is 0 Å². The number of nitrogens with two attached hydrogens (primary N) is 1. The Kier molecular flexibility index (Phi) is 5.94. The fraction of sp³-hybridized carbons (Fsp3) is 0.300. The third kappa shape index (κ3) is 4.19. The van der Waals surface area contributed by atoms with Crippen LogP contribution in [-0.2, 0) is 4.79 Å². The highest BCUT2D eigenvalue weighted by Gasteiger charge is 2.19. The average Bonchev–Trinajstić information content (AvgIpc) is 2.30. The number of hydrogen-bond donors (Lipinski definition) is 2. The number of azide groups is 1. The molecule has 0 aliphatic heterocycles. The summed E-state index contributed by atoms with van der Waals surface area (Å²) in [5, 5.41) is 6.68. The summed E-state index contributed by atoms with van der Waals surface area (Å²) in [5.74, 6) is -0.542. The van der Waals surface area contributed by atoms with E-state index in [0.717, 1.165) is 4.47 Å². The van der Waals surface area contributed by atoms with Crippen molar-refractivity contribution in [2.24, 2.45) is 10.8 Å². The fourth-order valence-electron chi connectivity index (χ4n) is 1.40. The lowest BCUT2D eigenvalue weighted by Gasteiger charge is -2.16. The summed E-state index contributed by atoms with van der Waals surface area (Å²) in [6.07, 6.45) is 0. The number of amides is 1. The molecule has 1 amide bonds. The molecule has 8 heteroatoms. The van der Waals surface area contributed by atoms with Crippen molar-refractivity contribution in [3.05, 3.63) is 43.7 Å². The molecule has 1 unspecified atom stereocenters. The Hall–Kier alpha value is -1.27. The molecule has 0 aromatic heterocycles. The monoisotopic (exact) mass is 331 g/mol. The number of nitrogens with zero attached hydrogens (tertiary/aromatic N) is 3. The number of carbonyl (C=O) groups excluding carboxylic acids is 1. The molecule has 0 saturated heterocycles. The summed E-state index contributed by atoms with van der Waals surface area (Å²) in [6.45, 7) is 0.568. The molecule has 3 N–H and O–H groups in total. The van der Waals surface area contributed by atoms with Crippen LogP contribution >= 0.6 is 27.5 Å². The minimum Gasteiger partial charge on any atom is -0.368 e. The van der Waals surface area contributed by atoms with Gasteiger partial charge in [0.1, 0.15) is 6.04 Å². The van der Waals surface area contributed by atoms with Gasteiger partial charge in [-0.2, -0.15) is 0 Å². The third-order valence-corrected chi connectivity index (χ3v) is 3.00. The molecule has 0 bridgehead atoms. The third-order valence-electron chi connectivity index (χ3n) is 2.18. The Bertz CT molecular complexity index is 489. The lowest BCUT2D eigenvalue weighted by Crippen LogP contribution is -2.35. The van der Waals surface area contributed by atoms with Gasteiger partial charge in [-0.1, -0.05) is 38.7 Å². The number of benzene rings is 1. The molecule has 0 radical (unpaired) electrons. The van der Waals surface area contributed by atoms with Gasteiger partial charge in [-0.15, -0.1) is 0 Å². The lowest BCUT2D eigenvalue weighted by atomic mass is 10.1. The van der Waals surface area contributed by atoms with Crippen molar-refractivity contribution in [3.63, 3.8) is 0 Å². The summed E-state index contributed by atoms with van der Waals surface area (Å²) < 4.78 is 0.813. The van der Waals surface area contributed by atoms with Gasteiger partial charge < -0.3 is 11.1 Å². The molecule has 1 aromatic carbocycles. The lowest BCUT2D eigenvalue weighted by molar-refractivity contribution is -0.120. The van der Waals surface area contributed by atoms with E-state index in [-0.39, 0.29) is 6.54 Å². The molecule has 0 heterocycles. The summed E-state index contributed by atoms with van der Waals surface area (Å²) in [4.78, 5) is 14.0. The van der Waals surface area contributed by atoms with E-state index in [1.54, 1.807) is 18.2 Å². The van der Waals surface area contributed by atoms with Gasteiger partial charge >= 0.3 is 0 Å². The molecule has 0 spiro atoms. The molecule has 0 aliphatic carbocycles. The van der Waals surface area contributed by atoms with Crippen LogP contribution in [0.1, 0.15) is 11.6 Å². The Morgan fingerprint density at radius 2 is 2.39 bits per heavy atom. The second kappa shape index (κ2) is 7.23. The molecule has 18 heavy (non-hydrogen) atoms. The summed E-state index contributed by atoms with van der Waals surface area (Å²) >= 11 is 9.33. The Labute approximate surface area is 117 Å². The minimum atomic E-state index is -0.709. The van der Waals surface area contributed by atoms with Crippen molar-refractivity contribution in [1.82, 2.24) is 5.32 Å². The maximum atomic E-state index is 11.4. The molecule has 1 atom stereocenters. The minimum absolute atomic E-state index is 0.231. The second-order valence-electron chi connectivity index (χ2n) is 3.41. The van der Waals surface area contributed by atoms with E-state index in [9.17, 15) is 4.79 Å². The topological polar surface area (TPSA) is 104 Å². The first-order valence-electron chi connectivity index (χ1n) is 5.04. The van der Waals surface area contributed by atoms with Crippen molar-refractivity contribution in [2.75, 3.05) is 13.1 Å². The number of carbonyl (C=O) groups is 1. The van der Waals surface area contributed by atoms with Gasteiger partial charge in [-0.3, -0.25) is 4.79 Å². The van der Waals surface area contributed by atoms with Crippen LogP contribution < -0.4 is 11.1 Å². The van der Waals surface area contributed by atoms with Gasteiger partial charge in [0.25, 0.3) is 0 Å². The number of nitrogens with one attached hydrogen (secondary N) is 1. The standard InChI is InChI=1S/C10H11BrClN5O/c11-6-1-2-7(8(12)5-6)9(10(13)18)15-3-4-16-17-14/h1-2,5,9,15H,3-4H2,(H2,13,18). The van der Waals surface area contributed by atoms with E-state index >= 15 is 0 Å². The van der Waals surface area contributed by atoms with Crippen molar-refractivity contribution >= 4 is 33.4 Å². The van der Waals surface area contributed by atoms with Crippen LogP contribution in [0, 0.1) is 0 Å². The Morgan fingerprint density at radius 1 is 1.67 bits per heavy atom. The van der Waals surface area contributed by atoms with E-state index in [0.29, 0.717) is 17.1 Å². The molecular formula is C10H11BrClN5O. The van der Waals surface area contributed by atoms with Crippen LogP contribution in [-0.4, -0.2) is 19.0 Å². The van der Waals surface area contributed by atoms with Crippen LogP contribution in [0.4, 0.5) is 0 Å². The maximum absolute atomic E-state index is 11.4. The zero-order valence-electron chi connectivity index (χ0n) is 9.31. The SMILES string of the molecule is [N-]=[N+]=NCCNC(C(N)=O)c1ccc(Br)cc1Cl. The summed E-state index contributed by atoms with van der Waals surface area (Å²) in [5.41, 5.74) is 14.1. The highest BCUT2D eigenvalue weighted by molar-refractivity contribution is 9.10. The predicted octanol–water partition coefficient (Wildman–Crippen LogP) is 2.53. The predicted molar refractivity (Wildman–Crippen MR) is 73.1 cm³/mol. The fourth-order valence-corrected chi connectivity index (χ4v) is 2.19. The Morgan fingerprint density at radius 3 is 2.94 bits per heavy atom. The largest absolute Gasteiger partial charge is 0.368 e. The molecule has 1 aromatic rings. The van der Waals surface area contributed by atoms with E-state index in [1.807, 2.05) is 0 Å². The summed E-state index contributed by atoms with van der Waals surface area (Å²) in [6, 6.07) is 4.45. The van der Waals surface area contributed by atoms with Crippen LogP contribution in [0.15, 0.2) is 27.8 Å². The van der Waals surface area contributed by atoms with Gasteiger partial charge in [-0.05, 0) is 23.2 Å². The van der Waals surface area contributed by atoms with E-state index in [2.05, 4.69) is 31.3 Å². The van der Waals surface area contributed by atoms with Crippen molar-refractivity contribution < 1.29 is 4.79 Å². The first kappa shape index (κ1) is 14.8. The van der Waals surface area contributed by atoms with Gasteiger partial charge in [0, 0.05) is 27.5 Å². The van der Waals surface area contributed by atoms with Gasteiger partial charge in [-0.25, -0.2) is 0 Å². The maximum Gasteiger partial charge on any atom is 0.239 e. The quantitative estimate of drug-likeness (QED) is 0.362. The molecule has 0 aliphatic rings. The number of halogens is 2. The summed E-state index contributed by atoms with van der Waals surface area (Å²) in [7, 11) is 0. The van der Waals surface area contributed by atoms with E-state index < -0.39 is 11.9 Å². The highest BCUT2D eigenvalue weighted by Crippen LogP contribution is 2.26. The Balaban J connectivity index is 2.84. The van der Waals surface area contributed by atoms with Gasteiger partial charge in [0.2, 0.25) is 5.91 Å². The normalized spacial score (nSPS) is 11.7. The van der Waals surface area contributed by atoms with Crippen molar-refractivity contribution in [2.45, 2.75) is 6.04 Å². The molecule has 0 saturated carbocycles. The van der Waals surface area contributed by atoms with Gasteiger partial charge in [0.15, 0.2) is 0 Å². The zero-order chi connectivity index (χ0) is 13.5. The van der Waals surface area contributed by atoms with E-state index in [1.165, 1.54) is 0 Å². The first-order valence-corrected chi connectivity index (χ1v) is 6.22. The number of hydrogen-bond acceptors (Lipinski definition) is 3. The molecule has 6 nitrogen and oxygen atoms in total. The smallest absolute Gasteiger partial charge is 0.239 e. The molecular weight excluding hydrogens is 322 g/mol. The molecule has 96 valence electrons. The second-order valence-corrected chi connectivity index (χ2v) is 4.73. The van der Waals surface area contributed by atoms with Crippen LogP contribution in [0.5, 0.6) is 0 Å². The molecule has 1 rings (SSSR count). The number of primary amides is 1. The van der Waals surface area contributed by atoms with Crippen LogP contribution in [0.25, 0.3) is 10.4 Å². The number of rotatable bonds is 6. The first-order chi connectivity index (χ1) is 8.56. The average molecular weight is 333 g/mol. The van der Waals surface area contributed by atoms with E-state index in [4.69, 9.17) is 22.9 Å². The highest BCUT2D eigenvalue weighted by atomic mass is 79.9. The van der Waals surface area contributed by atoms with Crippen LogP contribution in [0.2, 0.25) is 5.02 Å². The van der Waals surface area contributed by atoms with Gasteiger partial charge in [0.05, 0.1) is 0 Å². The van der Waals surface area contributed by atoms with Crippen LogP contribution in [0.3, 0.4) is 0 Å². The molecule has 0 fully saturated rings. The zero-order valence-corrected chi connectivity index (χ0v) is 11.6. The van der Waals surface area contributed by atoms with Crippen molar-refractivity contribution in [1.29, 1.82) is 0 Å².